The van der Waals surface area contributed by atoms with E-state index in [-0.39, 0.29) is 5.91 Å². The number of fused-ring (bicyclic) bond motifs is 2. The molecule has 1 amide bonds. The zero-order chi connectivity index (χ0) is 19.0. The quantitative estimate of drug-likeness (QED) is 0.705. The SMILES string of the molecule is O=C1Nc2ccccc2[C@]1(C/C=C/c1ccccc1)N1CCc2ccccc21. The first-order valence-electron chi connectivity index (χ1n) is 9.77. The molecule has 2 aliphatic heterocycles. The Bertz CT molecular complexity index is 1060. The molecule has 3 heteroatoms. The van der Waals surface area contributed by atoms with Crippen LogP contribution >= 0.6 is 0 Å². The van der Waals surface area contributed by atoms with Gasteiger partial charge in [-0.05, 0) is 29.7 Å². The Kier molecular flexibility index (Phi) is 4.01. The molecule has 2 heterocycles. The highest BCUT2D eigenvalue weighted by molar-refractivity contribution is 6.08. The van der Waals surface area contributed by atoms with Crippen LogP contribution in [0.5, 0.6) is 0 Å². The Labute approximate surface area is 165 Å². The lowest BCUT2D eigenvalue weighted by Crippen LogP contribution is -2.50. The highest BCUT2D eigenvalue weighted by Gasteiger charge is 2.51. The summed E-state index contributed by atoms with van der Waals surface area (Å²) in [5, 5.41) is 3.13. The minimum atomic E-state index is -0.714. The van der Waals surface area contributed by atoms with E-state index in [1.807, 2.05) is 36.4 Å². The molecule has 3 nitrogen and oxygen atoms in total. The third-order valence-electron chi connectivity index (χ3n) is 5.87. The van der Waals surface area contributed by atoms with Crippen LogP contribution in [-0.4, -0.2) is 12.5 Å². The Morgan fingerprint density at radius 3 is 2.57 bits per heavy atom. The minimum Gasteiger partial charge on any atom is -0.353 e. The molecule has 5 rings (SSSR count). The molecule has 0 aliphatic carbocycles. The van der Waals surface area contributed by atoms with Gasteiger partial charge in [0.2, 0.25) is 0 Å². The van der Waals surface area contributed by atoms with Gasteiger partial charge in [0.25, 0.3) is 5.91 Å². The number of para-hydroxylation sites is 2. The van der Waals surface area contributed by atoms with Crippen molar-refractivity contribution in [3.8, 4) is 0 Å². The molecule has 0 fully saturated rings. The zero-order valence-electron chi connectivity index (χ0n) is 15.6. The van der Waals surface area contributed by atoms with Gasteiger partial charge >= 0.3 is 0 Å². The Morgan fingerprint density at radius 1 is 0.929 bits per heavy atom. The lowest BCUT2D eigenvalue weighted by Gasteiger charge is -2.38. The molecule has 0 saturated carbocycles. The Hall–Kier alpha value is -3.33. The third kappa shape index (κ3) is 2.55. The molecule has 3 aromatic carbocycles. The first-order chi connectivity index (χ1) is 13.8. The topological polar surface area (TPSA) is 32.3 Å². The van der Waals surface area contributed by atoms with Crippen LogP contribution in [0.4, 0.5) is 11.4 Å². The van der Waals surface area contributed by atoms with Gasteiger partial charge in [-0.1, -0.05) is 78.9 Å². The van der Waals surface area contributed by atoms with E-state index in [2.05, 4.69) is 64.8 Å². The summed E-state index contributed by atoms with van der Waals surface area (Å²) in [6.07, 6.45) is 5.84. The highest BCUT2D eigenvalue weighted by Crippen LogP contribution is 2.47. The van der Waals surface area contributed by atoms with Crippen molar-refractivity contribution in [3.05, 3.63) is 102 Å². The number of hydrogen-bond acceptors (Lipinski definition) is 2. The van der Waals surface area contributed by atoms with Crippen molar-refractivity contribution >= 4 is 23.4 Å². The summed E-state index contributed by atoms with van der Waals surface area (Å²) in [7, 11) is 0. The van der Waals surface area contributed by atoms with Crippen LogP contribution in [0.3, 0.4) is 0 Å². The Morgan fingerprint density at radius 2 is 1.68 bits per heavy atom. The summed E-state index contributed by atoms with van der Waals surface area (Å²) < 4.78 is 0. The van der Waals surface area contributed by atoms with Crippen molar-refractivity contribution in [2.75, 3.05) is 16.8 Å². The fourth-order valence-corrected chi connectivity index (χ4v) is 4.55. The first-order valence-corrected chi connectivity index (χ1v) is 9.77. The van der Waals surface area contributed by atoms with Crippen molar-refractivity contribution in [3.63, 3.8) is 0 Å². The van der Waals surface area contributed by atoms with E-state index in [9.17, 15) is 4.79 Å². The van der Waals surface area contributed by atoms with Crippen molar-refractivity contribution < 1.29 is 4.79 Å². The first kappa shape index (κ1) is 16.8. The number of nitrogens with zero attached hydrogens (tertiary/aromatic N) is 1. The fraction of sp³-hybridized carbons (Fsp3) is 0.160. The average Bonchev–Trinajstić information content (AvgIpc) is 3.28. The molecule has 0 radical (unpaired) electrons. The van der Waals surface area contributed by atoms with E-state index in [1.165, 1.54) is 11.3 Å². The smallest absolute Gasteiger partial charge is 0.255 e. The maximum Gasteiger partial charge on any atom is 0.255 e. The molecule has 0 saturated heterocycles. The summed E-state index contributed by atoms with van der Waals surface area (Å²) in [5.74, 6) is 0.0584. The molecular weight excluding hydrogens is 344 g/mol. The standard InChI is InChI=1S/C25H22N2O/c28-24-25(21-13-5-6-14-22(21)26-24,17-8-11-19-9-2-1-3-10-19)27-18-16-20-12-4-7-15-23(20)27/h1-15H,16-18H2,(H,26,28)/b11-8+/t25-/m0/s1. The Balaban J connectivity index is 1.60. The maximum atomic E-state index is 13.4. The second-order valence-electron chi connectivity index (χ2n) is 7.41. The largest absolute Gasteiger partial charge is 0.353 e. The number of carbonyl (C=O) groups excluding carboxylic acids is 1. The fourth-order valence-electron chi connectivity index (χ4n) is 4.55. The van der Waals surface area contributed by atoms with Gasteiger partial charge < -0.3 is 10.2 Å². The van der Waals surface area contributed by atoms with Gasteiger partial charge in [-0.3, -0.25) is 4.79 Å². The summed E-state index contributed by atoms with van der Waals surface area (Å²) >= 11 is 0. The average molecular weight is 366 g/mol. The van der Waals surface area contributed by atoms with Gasteiger partial charge in [0, 0.05) is 29.9 Å². The monoisotopic (exact) mass is 366 g/mol. The van der Waals surface area contributed by atoms with E-state index in [1.54, 1.807) is 0 Å². The molecule has 0 bridgehead atoms. The molecule has 0 unspecified atom stereocenters. The van der Waals surface area contributed by atoms with E-state index < -0.39 is 5.54 Å². The van der Waals surface area contributed by atoms with E-state index in [4.69, 9.17) is 0 Å². The molecule has 1 N–H and O–H groups in total. The molecule has 28 heavy (non-hydrogen) atoms. The number of hydrogen-bond donors (Lipinski definition) is 1. The van der Waals surface area contributed by atoms with Gasteiger partial charge in [-0.25, -0.2) is 0 Å². The van der Waals surface area contributed by atoms with E-state index >= 15 is 0 Å². The number of anilines is 2. The van der Waals surface area contributed by atoms with Crippen molar-refractivity contribution in [2.45, 2.75) is 18.4 Å². The number of amides is 1. The number of carbonyl (C=O) groups is 1. The second kappa shape index (κ2) is 6.68. The zero-order valence-corrected chi connectivity index (χ0v) is 15.6. The van der Waals surface area contributed by atoms with Gasteiger partial charge in [0.1, 0.15) is 0 Å². The highest BCUT2D eigenvalue weighted by atomic mass is 16.2. The molecule has 0 spiro atoms. The number of rotatable bonds is 4. The predicted molar refractivity (Wildman–Crippen MR) is 114 cm³/mol. The van der Waals surface area contributed by atoms with Crippen molar-refractivity contribution in [1.29, 1.82) is 0 Å². The lowest BCUT2D eigenvalue weighted by molar-refractivity contribution is -0.120. The van der Waals surface area contributed by atoms with Crippen LogP contribution in [0.1, 0.15) is 23.1 Å². The lowest BCUT2D eigenvalue weighted by atomic mass is 9.85. The van der Waals surface area contributed by atoms with Crippen LogP contribution in [-0.2, 0) is 16.8 Å². The van der Waals surface area contributed by atoms with Crippen LogP contribution in [0.15, 0.2) is 84.9 Å². The third-order valence-corrected chi connectivity index (χ3v) is 5.87. The van der Waals surface area contributed by atoms with Crippen LogP contribution in [0.25, 0.3) is 6.08 Å². The summed E-state index contributed by atoms with van der Waals surface area (Å²) in [6.45, 7) is 0.847. The normalized spacial score (nSPS) is 20.3. The van der Waals surface area contributed by atoms with E-state index in [0.717, 1.165) is 29.8 Å². The summed E-state index contributed by atoms with van der Waals surface area (Å²) in [5.41, 5.74) is 4.90. The van der Waals surface area contributed by atoms with Gasteiger partial charge in [0.15, 0.2) is 5.54 Å². The molecule has 2 aliphatic rings. The van der Waals surface area contributed by atoms with Crippen LogP contribution in [0.2, 0.25) is 0 Å². The summed E-state index contributed by atoms with van der Waals surface area (Å²) in [6, 6.07) is 26.8. The molecule has 1 atom stereocenters. The number of nitrogens with one attached hydrogen (secondary N) is 1. The van der Waals surface area contributed by atoms with Gasteiger partial charge in [-0.15, -0.1) is 0 Å². The second-order valence-corrected chi connectivity index (χ2v) is 7.41. The van der Waals surface area contributed by atoms with Crippen molar-refractivity contribution in [1.82, 2.24) is 0 Å². The summed E-state index contributed by atoms with van der Waals surface area (Å²) in [4.78, 5) is 15.7. The molecule has 3 aromatic rings. The minimum absolute atomic E-state index is 0.0584. The molecular formula is C25H22N2O. The maximum absolute atomic E-state index is 13.4. The molecule has 138 valence electrons. The van der Waals surface area contributed by atoms with Crippen LogP contribution < -0.4 is 10.2 Å². The number of benzene rings is 3. The van der Waals surface area contributed by atoms with Gasteiger partial charge in [0.05, 0.1) is 0 Å². The van der Waals surface area contributed by atoms with Crippen molar-refractivity contribution in [2.24, 2.45) is 0 Å². The molecule has 0 aromatic heterocycles. The van der Waals surface area contributed by atoms with Gasteiger partial charge in [-0.2, -0.15) is 0 Å². The van der Waals surface area contributed by atoms with Crippen LogP contribution in [0, 0.1) is 0 Å². The predicted octanol–water partition coefficient (Wildman–Crippen LogP) is 5.00. The van der Waals surface area contributed by atoms with E-state index in [0.29, 0.717) is 6.42 Å².